The Labute approximate surface area is 130 Å². The van der Waals surface area contributed by atoms with Crippen LogP contribution in [0.25, 0.3) is 0 Å². The zero-order chi connectivity index (χ0) is 15.7. The first-order valence-corrected chi connectivity index (χ1v) is 7.72. The zero-order valence-corrected chi connectivity index (χ0v) is 12.6. The molecule has 0 bridgehead atoms. The molecule has 3 rings (SSSR count). The summed E-state index contributed by atoms with van der Waals surface area (Å²) in [6.45, 7) is -0.195. The summed E-state index contributed by atoms with van der Waals surface area (Å²) in [5.41, 5.74) is 1.37. The summed E-state index contributed by atoms with van der Waals surface area (Å²) >= 11 is 0. The molecular weight excluding hydrogens is 282 g/mol. The predicted octanol–water partition coefficient (Wildman–Crippen LogP) is 1.78. The fraction of sp³-hybridized carbons (Fsp3) is 0.588. The van der Waals surface area contributed by atoms with Crippen LogP contribution in [0.2, 0.25) is 0 Å². The Bertz CT molecular complexity index is 579. The van der Waals surface area contributed by atoms with Gasteiger partial charge in [-0.05, 0) is 30.9 Å². The van der Waals surface area contributed by atoms with E-state index in [1.165, 1.54) is 6.42 Å². The van der Waals surface area contributed by atoms with Crippen molar-refractivity contribution in [2.45, 2.75) is 37.6 Å². The maximum atomic E-state index is 10.5. The topological polar surface area (TPSA) is 82.7 Å². The summed E-state index contributed by atoms with van der Waals surface area (Å²) in [5.74, 6) is 0.976. The van der Waals surface area contributed by atoms with Crippen LogP contribution < -0.4 is 4.74 Å². The largest absolute Gasteiger partial charge is 0.496 e. The second-order valence-electron chi connectivity index (χ2n) is 6.11. The molecule has 1 aliphatic carbocycles. The van der Waals surface area contributed by atoms with Crippen LogP contribution in [0.5, 0.6) is 5.75 Å². The van der Waals surface area contributed by atoms with Gasteiger partial charge in [0.05, 0.1) is 37.6 Å². The van der Waals surface area contributed by atoms with Crippen molar-refractivity contribution in [3.8, 4) is 11.8 Å². The van der Waals surface area contributed by atoms with Crippen LogP contribution in [0.3, 0.4) is 0 Å². The van der Waals surface area contributed by atoms with Crippen molar-refractivity contribution in [1.29, 1.82) is 5.26 Å². The Kier molecular flexibility index (Phi) is 4.34. The number of aliphatic hydroxyl groups is 2. The molecule has 5 nitrogen and oxygen atoms in total. The van der Waals surface area contributed by atoms with E-state index < -0.39 is 12.2 Å². The molecule has 2 fully saturated rings. The van der Waals surface area contributed by atoms with Crippen molar-refractivity contribution >= 4 is 0 Å². The third-order valence-corrected chi connectivity index (χ3v) is 4.99. The molecule has 1 aromatic carbocycles. The molecule has 1 saturated heterocycles. The van der Waals surface area contributed by atoms with E-state index in [2.05, 4.69) is 6.07 Å². The average Bonchev–Trinajstić information content (AvgIpc) is 2.82. The second-order valence-corrected chi connectivity index (χ2v) is 6.11. The van der Waals surface area contributed by atoms with Gasteiger partial charge in [-0.25, -0.2) is 0 Å². The first-order chi connectivity index (χ1) is 10.7. The molecule has 4 atom stereocenters. The molecule has 1 heterocycles. The van der Waals surface area contributed by atoms with Crippen molar-refractivity contribution in [2.75, 3.05) is 13.7 Å². The van der Waals surface area contributed by atoms with Crippen molar-refractivity contribution in [1.82, 2.24) is 0 Å². The highest BCUT2D eigenvalue weighted by molar-refractivity contribution is 5.44. The van der Waals surface area contributed by atoms with Crippen LogP contribution in [0.4, 0.5) is 0 Å². The van der Waals surface area contributed by atoms with Gasteiger partial charge in [-0.1, -0.05) is 12.5 Å². The minimum atomic E-state index is -0.666. The number of aliphatic hydroxyl groups excluding tert-OH is 2. The monoisotopic (exact) mass is 303 g/mol. The second kappa shape index (κ2) is 6.25. The molecule has 1 saturated carbocycles. The number of nitriles is 1. The molecule has 0 aromatic heterocycles. The van der Waals surface area contributed by atoms with Crippen molar-refractivity contribution < 1.29 is 19.7 Å². The van der Waals surface area contributed by atoms with Crippen molar-refractivity contribution in [2.24, 2.45) is 11.8 Å². The third-order valence-electron chi connectivity index (χ3n) is 4.99. The summed E-state index contributed by atoms with van der Waals surface area (Å²) in [6.07, 6.45) is 1.81. The Morgan fingerprint density at radius 1 is 1.41 bits per heavy atom. The van der Waals surface area contributed by atoms with E-state index in [4.69, 9.17) is 14.7 Å². The van der Waals surface area contributed by atoms with Crippen molar-refractivity contribution in [3.05, 3.63) is 29.3 Å². The lowest BCUT2D eigenvalue weighted by molar-refractivity contribution is -0.0232. The van der Waals surface area contributed by atoms with Gasteiger partial charge in [0.25, 0.3) is 0 Å². The maximum absolute atomic E-state index is 10.5. The van der Waals surface area contributed by atoms with Gasteiger partial charge in [-0.2, -0.15) is 5.26 Å². The van der Waals surface area contributed by atoms with E-state index in [1.54, 1.807) is 19.2 Å². The molecule has 0 amide bonds. The van der Waals surface area contributed by atoms with Gasteiger partial charge in [0.2, 0.25) is 0 Å². The normalized spacial score (nSPS) is 31.5. The van der Waals surface area contributed by atoms with Gasteiger partial charge in [0, 0.05) is 11.5 Å². The summed E-state index contributed by atoms with van der Waals surface area (Å²) in [7, 11) is 1.56. The molecule has 4 unspecified atom stereocenters. The molecule has 22 heavy (non-hydrogen) atoms. The number of methoxy groups -OCH3 is 1. The van der Waals surface area contributed by atoms with E-state index in [0.29, 0.717) is 17.2 Å². The predicted molar refractivity (Wildman–Crippen MR) is 79.2 cm³/mol. The highest BCUT2D eigenvalue weighted by Gasteiger charge is 2.49. The number of nitrogens with zero attached hydrogens (tertiary/aromatic N) is 1. The smallest absolute Gasteiger partial charge is 0.125 e. The van der Waals surface area contributed by atoms with E-state index in [-0.39, 0.29) is 18.6 Å². The molecular formula is C17H21NO4. The molecule has 5 heteroatoms. The molecule has 118 valence electrons. The number of hydrogen-bond donors (Lipinski definition) is 2. The van der Waals surface area contributed by atoms with E-state index in [1.807, 2.05) is 6.07 Å². The number of rotatable bonds is 4. The average molecular weight is 303 g/mol. The molecule has 2 N–H and O–H groups in total. The number of ether oxygens (including phenoxy) is 2. The summed E-state index contributed by atoms with van der Waals surface area (Å²) < 4.78 is 11.3. The Morgan fingerprint density at radius 2 is 2.18 bits per heavy atom. The maximum Gasteiger partial charge on any atom is 0.125 e. The van der Waals surface area contributed by atoms with Crippen LogP contribution in [0.15, 0.2) is 18.2 Å². The van der Waals surface area contributed by atoms with Gasteiger partial charge < -0.3 is 19.7 Å². The molecule has 2 aliphatic rings. The third kappa shape index (κ3) is 2.48. The highest BCUT2D eigenvalue weighted by atomic mass is 16.5. The van der Waals surface area contributed by atoms with Gasteiger partial charge in [0.15, 0.2) is 0 Å². The minimum absolute atomic E-state index is 0.0345. The lowest BCUT2D eigenvalue weighted by Crippen LogP contribution is -2.36. The number of hydrogen-bond acceptors (Lipinski definition) is 5. The highest BCUT2D eigenvalue weighted by Crippen LogP contribution is 2.50. The first-order valence-electron chi connectivity index (χ1n) is 7.72. The van der Waals surface area contributed by atoms with E-state index in [9.17, 15) is 10.2 Å². The lowest BCUT2D eigenvalue weighted by atomic mass is 9.70. The lowest BCUT2D eigenvalue weighted by Gasteiger charge is -2.36. The van der Waals surface area contributed by atoms with Crippen LogP contribution in [0.1, 0.15) is 36.5 Å². The van der Waals surface area contributed by atoms with Gasteiger partial charge in [0.1, 0.15) is 11.9 Å². The summed E-state index contributed by atoms with van der Waals surface area (Å²) in [5, 5.41) is 29.0. The number of benzene rings is 1. The van der Waals surface area contributed by atoms with Crippen molar-refractivity contribution in [3.63, 3.8) is 0 Å². The molecule has 0 spiro atoms. The fourth-order valence-corrected chi connectivity index (χ4v) is 3.58. The van der Waals surface area contributed by atoms with Crippen LogP contribution >= 0.6 is 0 Å². The molecule has 0 radical (unpaired) electrons. The zero-order valence-electron chi connectivity index (χ0n) is 12.6. The Hall–Kier alpha value is -1.61. The van der Waals surface area contributed by atoms with Gasteiger partial charge >= 0.3 is 0 Å². The van der Waals surface area contributed by atoms with E-state index >= 15 is 0 Å². The van der Waals surface area contributed by atoms with Gasteiger partial charge in [-0.3, -0.25) is 0 Å². The summed E-state index contributed by atoms with van der Waals surface area (Å²) in [6, 6.07) is 7.35. The quantitative estimate of drug-likeness (QED) is 0.886. The summed E-state index contributed by atoms with van der Waals surface area (Å²) in [4.78, 5) is 0. The minimum Gasteiger partial charge on any atom is -0.496 e. The first kappa shape index (κ1) is 15.3. The van der Waals surface area contributed by atoms with Gasteiger partial charge in [-0.15, -0.1) is 0 Å². The SMILES string of the molecule is COc1cc(C#N)ccc1C1OC(CO)C(O)C1C1CCC1. The van der Waals surface area contributed by atoms with Crippen LogP contribution in [-0.2, 0) is 4.74 Å². The Morgan fingerprint density at radius 3 is 2.73 bits per heavy atom. The standard InChI is InChI=1S/C17H21NO4/c1-21-13-7-10(8-18)5-6-12(13)17-15(11-3-2-4-11)16(20)14(9-19)22-17/h5-7,11,14-17,19-20H,2-4,9H2,1H3. The Balaban J connectivity index is 1.96. The van der Waals surface area contributed by atoms with E-state index in [0.717, 1.165) is 18.4 Å². The fourth-order valence-electron chi connectivity index (χ4n) is 3.58. The molecule has 1 aliphatic heterocycles. The molecule has 1 aromatic rings. The van der Waals surface area contributed by atoms with Crippen LogP contribution in [0, 0.1) is 23.2 Å². The van der Waals surface area contributed by atoms with Crippen LogP contribution in [-0.4, -0.2) is 36.1 Å².